The lowest BCUT2D eigenvalue weighted by Crippen LogP contribution is -2.29. The van der Waals surface area contributed by atoms with Gasteiger partial charge in [-0.15, -0.1) is 0 Å². The van der Waals surface area contributed by atoms with Gasteiger partial charge in [0.2, 0.25) is 0 Å². The van der Waals surface area contributed by atoms with Crippen molar-refractivity contribution < 1.29 is 18.1 Å². The van der Waals surface area contributed by atoms with Gasteiger partial charge in [-0.3, -0.25) is 14.4 Å². The molecule has 0 bridgehead atoms. The van der Waals surface area contributed by atoms with E-state index >= 15 is 0 Å². The minimum absolute atomic E-state index is 0.0281. The average molecular weight is 396 g/mol. The number of para-hydroxylation sites is 1. The third-order valence-corrected chi connectivity index (χ3v) is 6.37. The van der Waals surface area contributed by atoms with Crippen molar-refractivity contribution in [3.8, 4) is 11.5 Å². The van der Waals surface area contributed by atoms with Crippen molar-refractivity contribution in [3.05, 3.63) is 88.5 Å². The molecule has 1 aliphatic heterocycles. The van der Waals surface area contributed by atoms with Crippen molar-refractivity contribution in [2.24, 2.45) is 0 Å². The van der Waals surface area contributed by atoms with Crippen molar-refractivity contribution in [2.45, 2.75) is 11.3 Å². The van der Waals surface area contributed by atoms with Crippen LogP contribution in [0, 0.1) is 10.1 Å². The van der Waals surface area contributed by atoms with Crippen LogP contribution >= 0.6 is 0 Å². The molecular formula is C20H16N2O5S. The number of nitrogens with zero attached hydrogens (tertiary/aromatic N) is 2. The summed E-state index contributed by atoms with van der Waals surface area (Å²) in [4.78, 5) is 10.4. The van der Waals surface area contributed by atoms with E-state index in [1.54, 1.807) is 12.1 Å². The number of sulfonamides is 1. The van der Waals surface area contributed by atoms with Gasteiger partial charge in [-0.05, 0) is 54.4 Å². The Morgan fingerprint density at radius 2 is 1.50 bits per heavy atom. The molecule has 0 saturated carbocycles. The maximum atomic E-state index is 13.0. The second kappa shape index (κ2) is 6.97. The molecule has 0 unspecified atom stereocenters. The Balaban J connectivity index is 1.54. The van der Waals surface area contributed by atoms with Crippen LogP contribution in [0.5, 0.6) is 11.5 Å². The quantitative estimate of drug-likeness (QED) is 0.478. The first-order valence-electron chi connectivity index (χ1n) is 8.58. The first kappa shape index (κ1) is 18.0. The van der Waals surface area contributed by atoms with Crippen LogP contribution in [-0.4, -0.2) is 19.9 Å². The van der Waals surface area contributed by atoms with E-state index in [0.717, 1.165) is 5.56 Å². The molecule has 0 N–H and O–H groups in total. The first-order valence-corrected chi connectivity index (χ1v) is 10.0. The van der Waals surface area contributed by atoms with Gasteiger partial charge in [0.1, 0.15) is 11.5 Å². The van der Waals surface area contributed by atoms with E-state index in [2.05, 4.69) is 0 Å². The highest BCUT2D eigenvalue weighted by atomic mass is 32.2. The zero-order valence-electron chi connectivity index (χ0n) is 14.7. The molecule has 0 fully saturated rings. The minimum Gasteiger partial charge on any atom is -0.457 e. The largest absolute Gasteiger partial charge is 0.457 e. The number of anilines is 1. The monoisotopic (exact) mass is 396 g/mol. The lowest BCUT2D eigenvalue weighted by molar-refractivity contribution is -0.384. The van der Waals surface area contributed by atoms with Crippen LogP contribution in [0.4, 0.5) is 11.4 Å². The highest BCUT2D eigenvalue weighted by Gasteiger charge is 2.30. The number of nitro benzene ring substituents is 1. The Hall–Kier alpha value is -3.39. The summed E-state index contributed by atoms with van der Waals surface area (Å²) >= 11 is 0. The topological polar surface area (TPSA) is 89.7 Å². The molecule has 0 atom stereocenters. The summed E-state index contributed by atoms with van der Waals surface area (Å²) in [5.41, 5.74) is 1.71. The van der Waals surface area contributed by atoms with Crippen molar-refractivity contribution >= 4 is 21.4 Å². The predicted octanol–water partition coefficient (Wildman–Crippen LogP) is 4.14. The number of rotatable bonds is 5. The van der Waals surface area contributed by atoms with E-state index in [1.807, 2.05) is 24.3 Å². The normalized spacial score (nSPS) is 13.2. The maximum Gasteiger partial charge on any atom is 0.269 e. The van der Waals surface area contributed by atoms with E-state index in [0.29, 0.717) is 30.2 Å². The molecule has 0 spiro atoms. The van der Waals surface area contributed by atoms with Crippen molar-refractivity contribution in [3.63, 3.8) is 0 Å². The van der Waals surface area contributed by atoms with Crippen molar-refractivity contribution in [2.75, 3.05) is 10.8 Å². The summed E-state index contributed by atoms with van der Waals surface area (Å²) in [6.07, 6.45) is 0.691. The Labute approximate surface area is 162 Å². The number of non-ortho nitro benzene ring substituents is 1. The highest BCUT2D eigenvalue weighted by Crippen LogP contribution is 2.33. The predicted molar refractivity (Wildman–Crippen MR) is 104 cm³/mol. The molecule has 0 radical (unpaired) electrons. The summed E-state index contributed by atoms with van der Waals surface area (Å²) in [5, 5.41) is 10.7. The number of benzene rings is 3. The Bertz CT molecular complexity index is 1130. The summed E-state index contributed by atoms with van der Waals surface area (Å²) in [6, 6.07) is 19.3. The van der Waals surface area contributed by atoms with Crippen molar-refractivity contribution in [1.29, 1.82) is 0 Å². The molecule has 1 aliphatic rings. The van der Waals surface area contributed by atoms with Gasteiger partial charge < -0.3 is 4.74 Å². The maximum absolute atomic E-state index is 13.0. The molecule has 3 aromatic rings. The van der Waals surface area contributed by atoms with Gasteiger partial charge in [0, 0.05) is 18.7 Å². The summed E-state index contributed by atoms with van der Waals surface area (Å²) < 4.78 is 33.0. The highest BCUT2D eigenvalue weighted by molar-refractivity contribution is 7.92. The van der Waals surface area contributed by atoms with Crippen molar-refractivity contribution in [1.82, 2.24) is 0 Å². The molecule has 0 saturated heterocycles. The zero-order chi connectivity index (χ0) is 19.7. The van der Waals surface area contributed by atoms with Gasteiger partial charge in [0.15, 0.2) is 0 Å². The van der Waals surface area contributed by atoms with E-state index in [-0.39, 0.29) is 10.6 Å². The fraction of sp³-hybridized carbons (Fsp3) is 0.100. The Morgan fingerprint density at radius 1 is 0.893 bits per heavy atom. The molecule has 1 heterocycles. The lowest BCUT2D eigenvalue weighted by atomic mass is 10.2. The average Bonchev–Trinajstić information content (AvgIpc) is 3.14. The van der Waals surface area contributed by atoms with E-state index in [9.17, 15) is 18.5 Å². The molecule has 0 aromatic heterocycles. The van der Waals surface area contributed by atoms with Crippen LogP contribution in [0.3, 0.4) is 0 Å². The number of hydrogen-bond donors (Lipinski definition) is 0. The second-order valence-corrected chi connectivity index (χ2v) is 8.14. The smallest absolute Gasteiger partial charge is 0.269 e. The van der Waals surface area contributed by atoms with E-state index in [4.69, 9.17) is 4.74 Å². The number of nitro groups is 1. The van der Waals surface area contributed by atoms with Crippen LogP contribution in [0.25, 0.3) is 0 Å². The summed E-state index contributed by atoms with van der Waals surface area (Å²) in [7, 11) is -3.65. The molecule has 28 heavy (non-hydrogen) atoms. The van der Waals surface area contributed by atoms with Gasteiger partial charge in [0.25, 0.3) is 15.7 Å². The van der Waals surface area contributed by atoms with E-state index in [1.165, 1.54) is 40.7 Å². The molecular weight excluding hydrogens is 380 g/mol. The number of fused-ring (bicyclic) bond motifs is 1. The standard InChI is InChI=1S/C20H16N2O5S/c23-22(24)16-5-7-17(8-6-16)27-18-9-11-19(12-10-18)28(25,26)21-14-13-15-3-1-2-4-20(15)21/h1-12H,13-14H2. The third-order valence-electron chi connectivity index (χ3n) is 4.54. The Morgan fingerprint density at radius 3 is 2.14 bits per heavy atom. The van der Waals surface area contributed by atoms with Crippen LogP contribution in [0.15, 0.2) is 77.7 Å². The fourth-order valence-electron chi connectivity index (χ4n) is 3.14. The first-order chi connectivity index (χ1) is 13.4. The molecule has 7 nitrogen and oxygen atoms in total. The van der Waals surface area contributed by atoms with E-state index < -0.39 is 14.9 Å². The van der Waals surface area contributed by atoms with Gasteiger partial charge in [0.05, 0.1) is 15.5 Å². The molecule has 0 amide bonds. The number of ether oxygens (including phenoxy) is 1. The molecule has 4 rings (SSSR count). The molecule has 3 aromatic carbocycles. The van der Waals surface area contributed by atoms with Gasteiger partial charge in [-0.25, -0.2) is 8.42 Å². The van der Waals surface area contributed by atoms with Crippen LogP contribution in [0.1, 0.15) is 5.56 Å². The third kappa shape index (κ3) is 3.29. The van der Waals surface area contributed by atoms with Crippen LogP contribution in [0.2, 0.25) is 0 Å². The summed E-state index contributed by atoms with van der Waals surface area (Å²) in [5.74, 6) is 0.865. The van der Waals surface area contributed by atoms with Gasteiger partial charge in [-0.2, -0.15) is 0 Å². The molecule has 142 valence electrons. The SMILES string of the molecule is O=[N+]([O-])c1ccc(Oc2ccc(S(=O)(=O)N3CCc4ccccc43)cc2)cc1. The second-order valence-electron chi connectivity index (χ2n) is 6.28. The minimum atomic E-state index is -3.65. The Kier molecular flexibility index (Phi) is 4.48. The summed E-state index contributed by atoms with van der Waals surface area (Å²) in [6.45, 7) is 0.419. The van der Waals surface area contributed by atoms with Gasteiger partial charge >= 0.3 is 0 Å². The molecule has 8 heteroatoms. The number of hydrogen-bond acceptors (Lipinski definition) is 5. The lowest BCUT2D eigenvalue weighted by Gasteiger charge is -2.19. The zero-order valence-corrected chi connectivity index (χ0v) is 15.5. The van der Waals surface area contributed by atoms with Crippen LogP contribution in [-0.2, 0) is 16.4 Å². The van der Waals surface area contributed by atoms with Gasteiger partial charge in [-0.1, -0.05) is 18.2 Å². The fourth-order valence-corrected chi connectivity index (χ4v) is 4.64. The molecule has 0 aliphatic carbocycles. The van der Waals surface area contributed by atoms with Crippen LogP contribution < -0.4 is 9.04 Å².